The number of pyridine rings is 1. The summed E-state index contributed by atoms with van der Waals surface area (Å²) in [7, 11) is 3.19. The van der Waals surface area contributed by atoms with E-state index in [1.165, 1.54) is 0 Å². The molecule has 33 heavy (non-hydrogen) atoms. The van der Waals surface area contributed by atoms with Crippen molar-refractivity contribution in [1.29, 1.82) is 0 Å². The molecule has 2 atom stereocenters. The van der Waals surface area contributed by atoms with Crippen LogP contribution in [0.4, 0.5) is 5.69 Å². The number of aromatic nitrogens is 1. The first-order valence-corrected chi connectivity index (χ1v) is 11.3. The zero-order valence-corrected chi connectivity index (χ0v) is 18.7. The van der Waals surface area contributed by atoms with Gasteiger partial charge in [-0.05, 0) is 43.5 Å². The highest BCUT2D eigenvalue weighted by molar-refractivity contribution is 6.11. The second-order valence-electron chi connectivity index (χ2n) is 8.99. The number of rotatable bonds is 5. The number of carbonyl (C=O) groups excluding carboxylic acids is 2. The Morgan fingerprint density at radius 1 is 1.06 bits per heavy atom. The van der Waals surface area contributed by atoms with Crippen LogP contribution < -0.4 is 14.4 Å². The number of piperazine rings is 1. The summed E-state index contributed by atoms with van der Waals surface area (Å²) in [5, 5.41) is 0.841. The summed E-state index contributed by atoms with van der Waals surface area (Å²) in [6, 6.07) is 14.6. The SMILES string of the molecule is COc1ccc(OC)c(N2C(=O)[C@@H]3C[C@H]2CN3C(=O)c2cc(C3CC3)nc3ccccc23)c1. The lowest BCUT2D eigenvalue weighted by atomic mass is 10.0. The molecule has 0 N–H and O–H groups in total. The molecule has 7 nitrogen and oxygen atoms in total. The lowest BCUT2D eigenvalue weighted by Crippen LogP contribution is -2.52. The summed E-state index contributed by atoms with van der Waals surface area (Å²) in [6.45, 7) is 0.491. The molecule has 3 aliphatic rings. The monoisotopic (exact) mass is 443 g/mol. The molecule has 3 fully saturated rings. The predicted molar refractivity (Wildman–Crippen MR) is 124 cm³/mol. The van der Waals surface area contributed by atoms with Gasteiger partial charge in [0.2, 0.25) is 5.91 Å². The highest BCUT2D eigenvalue weighted by Crippen LogP contribution is 2.43. The summed E-state index contributed by atoms with van der Waals surface area (Å²) in [6.07, 6.45) is 2.84. The minimum absolute atomic E-state index is 0.0769. The van der Waals surface area contributed by atoms with E-state index in [-0.39, 0.29) is 17.9 Å². The standard InChI is InChI=1S/C26H25N3O4/c1-32-17-9-10-24(33-2)22(12-17)29-16-11-23(26(29)31)28(14-16)25(30)19-13-21(15-7-8-15)27-20-6-4-3-5-18(19)20/h3-6,9-10,12-13,15-16,23H,7-8,11,14H2,1-2H3/t16-,23-/m0/s1. The number of para-hydroxylation sites is 1. The second kappa shape index (κ2) is 7.47. The van der Waals surface area contributed by atoms with Crippen LogP contribution in [0.5, 0.6) is 11.5 Å². The van der Waals surface area contributed by atoms with Crippen LogP contribution in [0.15, 0.2) is 48.5 Å². The van der Waals surface area contributed by atoms with Gasteiger partial charge >= 0.3 is 0 Å². The van der Waals surface area contributed by atoms with Crippen LogP contribution in [0.25, 0.3) is 10.9 Å². The number of benzene rings is 2. The fraction of sp³-hybridized carbons (Fsp3) is 0.346. The Hall–Kier alpha value is -3.61. The van der Waals surface area contributed by atoms with Crippen LogP contribution in [-0.2, 0) is 4.79 Å². The molecule has 3 heterocycles. The van der Waals surface area contributed by atoms with Crippen molar-refractivity contribution in [3.05, 3.63) is 59.8 Å². The van der Waals surface area contributed by atoms with Crippen molar-refractivity contribution < 1.29 is 19.1 Å². The van der Waals surface area contributed by atoms with Crippen molar-refractivity contribution in [3.8, 4) is 11.5 Å². The van der Waals surface area contributed by atoms with E-state index in [0.717, 1.165) is 29.4 Å². The van der Waals surface area contributed by atoms with Crippen LogP contribution in [-0.4, -0.2) is 54.5 Å². The van der Waals surface area contributed by atoms with E-state index in [9.17, 15) is 9.59 Å². The Morgan fingerprint density at radius 2 is 1.88 bits per heavy atom. The summed E-state index contributed by atoms with van der Waals surface area (Å²) in [5.74, 6) is 1.54. The molecule has 0 unspecified atom stereocenters. The molecule has 0 spiro atoms. The number of ether oxygens (including phenoxy) is 2. The number of carbonyl (C=O) groups is 2. The molecule has 0 radical (unpaired) electrons. The molecule has 2 aromatic carbocycles. The minimum atomic E-state index is -0.477. The lowest BCUT2D eigenvalue weighted by Gasteiger charge is -2.34. The van der Waals surface area contributed by atoms with Gasteiger partial charge < -0.3 is 19.3 Å². The number of fused-ring (bicyclic) bond motifs is 3. The number of amides is 2. The fourth-order valence-electron chi connectivity index (χ4n) is 5.22. The van der Waals surface area contributed by atoms with Gasteiger partial charge in [0, 0.05) is 29.6 Å². The average molecular weight is 444 g/mol. The van der Waals surface area contributed by atoms with E-state index in [1.54, 1.807) is 30.1 Å². The molecule has 168 valence electrons. The van der Waals surface area contributed by atoms with E-state index in [4.69, 9.17) is 14.5 Å². The summed E-state index contributed by atoms with van der Waals surface area (Å²) in [4.78, 5) is 35.5. The number of hydrogen-bond acceptors (Lipinski definition) is 5. The molecule has 1 aromatic heterocycles. The predicted octanol–water partition coefficient (Wildman–Crippen LogP) is 3.76. The Labute approximate surface area is 191 Å². The van der Waals surface area contributed by atoms with Crippen molar-refractivity contribution in [3.63, 3.8) is 0 Å². The van der Waals surface area contributed by atoms with Crippen LogP contribution >= 0.6 is 0 Å². The maximum absolute atomic E-state index is 13.7. The van der Waals surface area contributed by atoms with Gasteiger partial charge in [0.05, 0.1) is 37.0 Å². The molecular formula is C26H25N3O4. The van der Waals surface area contributed by atoms with Crippen molar-refractivity contribution in [1.82, 2.24) is 9.88 Å². The fourth-order valence-corrected chi connectivity index (χ4v) is 5.22. The van der Waals surface area contributed by atoms with Gasteiger partial charge in [-0.25, -0.2) is 0 Å². The van der Waals surface area contributed by atoms with Gasteiger partial charge in [-0.15, -0.1) is 0 Å². The lowest BCUT2D eigenvalue weighted by molar-refractivity contribution is -0.121. The maximum atomic E-state index is 13.7. The van der Waals surface area contributed by atoms with Crippen molar-refractivity contribution >= 4 is 28.4 Å². The largest absolute Gasteiger partial charge is 0.497 e. The molecule has 2 amide bonds. The van der Waals surface area contributed by atoms with E-state index < -0.39 is 6.04 Å². The van der Waals surface area contributed by atoms with Gasteiger partial charge in [-0.3, -0.25) is 14.6 Å². The molecule has 1 aliphatic carbocycles. The number of hydrogen-bond donors (Lipinski definition) is 0. The first-order chi connectivity index (χ1) is 16.1. The van der Waals surface area contributed by atoms with Gasteiger partial charge in [0.15, 0.2) is 0 Å². The Kier molecular flexibility index (Phi) is 4.54. The normalized spacial score (nSPS) is 21.7. The van der Waals surface area contributed by atoms with Crippen LogP contribution in [0, 0.1) is 0 Å². The molecule has 2 aliphatic heterocycles. The van der Waals surface area contributed by atoms with Crippen molar-refractivity contribution in [2.24, 2.45) is 0 Å². The number of likely N-dealkylation sites (tertiary alicyclic amines) is 1. The number of methoxy groups -OCH3 is 2. The van der Waals surface area contributed by atoms with Gasteiger partial charge in [-0.1, -0.05) is 18.2 Å². The molecule has 2 bridgehead atoms. The smallest absolute Gasteiger partial charge is 0.255 e. The molecular weight excluding hydrogens is 418 g/mol. The van der Waals surface area contributed by atoms with Crippen LogP contribution in [0.1, 0.15) is 41.2 Å². The van der Waals surface area contributed by atoms with E-state index >= 15 is 0 Å². The van der Waals surface area contributed by atoms with Gasteiger partial charge in [0.25, 0.3) is 5.91 Å². The first-order valence-electron chi connectivity index (χ1n) is 11.3. The summed E-state index contributed by atoms with van der Waals surface area (Å²) >= 11 is 0. The molecule has 1 saturated carbocycles. The molecule has 3 aromatic rings. The molecule has 2 saturated heterocycles. The summed E-state index contributed by atoms with van der Waals surface area (Å²) in [5.41, 5.74) is 3.15. The van der Waals surface area contributed by atoms with Crippen LogP contribution in [0.3, 0.4) is 0 Å². The average Bonchev–Trinajstić information content (AvgIpc) is 3.55. The van der Waals surface area contributed by atoms with Crippen molar-refractivity contribution in [2.75, 3.05) is 25.7 Å². The topological polar surface area (TPSA) is 72.0 Å². The number of nitrogens with zero attached hydrogens (tertiary/aromatic N) is 3. The van der Waals surface area contributed by atoms with E-state index in [1.807, 2.05) is 42.5 Å². The zero-order valence-electron chi connectivity index (χ0n) is 18.7. The summed E-state index contributed by atoms with van der Waals surface area (Å²) < 4.78 is 10.9. The van der Waals surface area contributed by atoms with E-state index in [2.05, 4.69) is 0 Å². The third kappa shape index (κ3) is 3.14. The third-order valence-electron chi connectivity index (χ3n) is 7.04. The molecule has 7 heteroatoms. The number of anilines is 1. The highest BCUT2D eigenvalue weighted by atomic mass is 16.5. The first kappa shape index (κ1) is 20.0. The zero-order chi connectivity index (χ0) is 22.7. The third-order valence-corrected chi connectivity index (χ3v) is 7.04. The molecule has 6 rings (SSSR count). The Balaban J connectivity index is 1.34. The van der Waals surface area contributed by atoms with Crippen molar-refractivity contribution in [2.45, 2.75) is 37.3 Å². The van der Waals surface area contributed by atoms with Gasteiger partial charge in [-0.2, -0.15) is 0 Å². The maximum Gasteiger partial charge on any atom is 0.255 e. The van der Waals surface area contributed by atoms with E-state index in [0.29, 0.717) is 41.6 Å². The van der Waals surface area contributed by atoms with Crippen LogP contribution in [0.2, 0.25) is 0 Å². The Morgan fingerprint density at radius 3 is 2.61 bits per heavy atom. The second-order valence-corrected chi connectivity index (χ2v) is 8.99. The highest BCUT2D eigenvalue weighted by Gasteiger charge is 2.52. The van der Waals surface area contributed by atoms with Gasteiger partial charge in [0.1, 0.15) is 17.5 Å². The Bertz CT molecular complexity index is 1290. The minimum Gasteiger partial charge on any atom is -0.497 e. The quantitative estimate of drug-likeness (QED) is 0.601.